The Labute approximate surface area is 131 Å². The zero-order valence-electron chi connectivity index (χ0n) is 13.3. The van der Waals surface area contributed by atoms with Crippen LogP contribution in [0.5, 0.6) is 5.75 Å². The van der Waals surface area contributed by atoms with Crippen molar-refractivity contribution in [2.45, 2.75) is 37.1 Å². The molecule has 0 aromatic heterocycles. The summed E-state index contributed by atoms with van der Waals surface area (Å²) in [5.74, 6) is 1.46. The van der Waals surface area contributed by atoms with Gasteiger partial charge in [-0.05, 0) is 38.4 Å². The van der Waals surface area contributed by atoms with Crippen LogP contribution in [-0.4, -0.2) is 38.0 Å². The summed E-state index contributed by atoms with van der Waals surface area (Å²) in [6.45, 7) is 4.77. The monoisotopic (exact) mass is 311 g/mol. The molecule has 0 saturated carbocycles. The summed E-state index contributed by atoms with van der Waals surface area (Å²) in [6.07, 6.45) is 1.68. The highest BCUT2D eigenvalue weighted by Gasteiger charge is 2.33. The maximum atomic E-state index is 12.0. The molecule has 21 heavy (non-hydrogen) atoms. The number of hydrogen-bond donors (Lipinski definition) is 1. The number of thioether (sulfide) groups is 1. The Balaban J connectivity index is 2.63. The molecule has 0 aliphatic carbocycles. The van der Waals surface area contributed by atoms with Crippen LogP contribution >= 0.6 is 11.8 Å². The first kappa shape index (κ1) is 17.9. The second-order valence-electron chi connectivity index (χ2n) is 5.00. The Morgan fingerprint density at radius 3 is 2.67 bits per heavy atom. The fourth-order valence-electron chi connectivity index (χ4n) is 1.99. The number of carbonyl (C=O) groups is 1. The molecule has 0 aliphatic rings. The Morgan fingerprint density at radius 2 is 2.05 bits per heavy atom. The number of carbonyl (C=O) groups excluding carboxylic acids is 1. The van der Waals surface area contributed by atoms with Gasteiger partial charge in [-0.25, -0.2) is 0 Å². The average Bonchev–Trinajstić information content (AvgIpc) is 2.52. The molecule has 0 saturated heterocycles. The summed E-state index contributed by atoms with van der Waals surface area (Å²) in [5.41, 5.74) is -0.639. The minimum atomic E-state index is -0.639. The predicted octanol–water partition coefficient (Wildman–Crippen LogP) is 3.11. The largest absolute Gasteiger partial charge is 0.496 e. The van der Waals surface area contributed by atoms with Crippen LogP contribution in [0.4, 0.5) is 0 Å². The van der Waals surface area contributed by atoms with Crippen molar-refractivity contribution in [1.29, 1.82) is 0 Å². The lowest BCUT2D eigenvalue weighted by Crippen LogP contribution is -2.50. The number of methoxy groups -OCH3 is 2. The summed E-state index contributed by atoms with van der Waals surface area (Å²) in [5, 5.41) is 3.29. The quantitative estimate of drug-likeness (QED) is 0.561. The molecule has 0 fully saturated rings. The van der Waals surface area contributed by atoms with E-state index in [2.05, 4.69) is 12.2 Å². The van der Waals surface area contributed by atoms with E-state index in [0.29, 0.717) is 6.42 Å². The van der Waals surface area contributed by atoms with Gasteiger partial charge in [0, 0.05) is 10.6 Å². The number of ether oxygens (including phenoxy) is 2. The molecule has 118 valence electrons. The van der Waals surface area contributed by atoms with Gasteiger partial charge in [0.05, 0.1) is 14.2 Å². The van der Waals surface area contributed by atoms with E-state index < -0.39 is 5.54 Å². The minimum Gasteiger partial charge on any atom is -0.496 e. The molecular weight excluding hydrogens is 286 g/mol. The van der Waals surface area contributed by atoms with Gasteiger partial charge in [-0.2, -0.15) is 0 Å². The summed E-state index contributed by atoms with van der Waals surface area (Å²) >= 11 is 1.69. The Bertz CT molecular complexity index is 453. The van der Waals surface area contributed by atoms with Gasteiger partial charge in [-0.1, -0.05) is 19.1 Å². The van der Waals surface area contributed by atoms with Crippen molar-refractivity contribution in [3.8, 4) is 5.75 Å². The maximum absolute atomic E-state index is 12.0. The third kappa shape index (κ3) is 5.25. The highest BCUT2D eigenvalue weighted by Crippen LogP contribution is 2.30. The standard InChI is InChI=1S/C16H25NO3S/c1-5-11-17-16(2,15(18)20-4)10-12-21-14-9-7-6-8-13(14)19-3/h6-9,17H,5,10-12H2,1-4H3. The molecule has 0 aliphatic heterocycles. The number of nitrogens with one attached hydrogen (secondary N) is 1. The second-order valence-corrected chi connectivity index (χ2v) is 6.14. The fourth-order valence-corrected chi connectivity index (χ4v) is 3.19. The van der Waals surface area contributed by atoms with Gasteiger partial charge in [0.15, 0.2) is 0 Å². The topological polar surface area (TPSA) is 47.6 Å². The lowest BCUT2D eigenvalue weighted by atomic mass is 9.99. The maximum Gasteiger partial charge on any atom is 0.325 e. The second kappa shape index (κ2) is 8.95. The third-order valence-electron chi connectivity index (χ3n) is 3.33. The zero-order valence-corrected chi connectivity index (χ0v) is 14.1. The minimum absolute atomic E-state index is 0.212. The predicted molar refractivity (Wildman–Crippen MR) is 87.0 cm³/mol. The summed E-state index contributed by atoms with van der Waals surface area (Å²) in [4.78, 5) is 13.1. The van der Waals surface area contributed by atoms with Crippen molar-refractivity contribution in [3.05, 3.63) is 24.3 Å². The van der Waals surface area contributed by atoms with Gasteiger partial charge >= 0.3 is 5.97 Å². The normalized spacial score (nSPS) is 13.5. The fraction of sp³-hybridized carbons (Fsp3) is 0.562. The van der Waals surface area contributed by atoms with Crippen LogP contribution in [0.15, 0.2) is 29.2 Å². The number of para-hydroxylation sites is 1. The summed E-state index contributed by atoms with van der Waals surface area (Å²) in [7, 11) is 3.10. The first-order valence-electron chi connectivity index (χ1n) is 7.16. The van der Waals surface area contributed by atoms with E-state index in [1.165, 1.54) is 7.11 Å². The van der Waals surface area contributed by atoms with Gasteiger partial charge in [-0.3, -0.25) is 4.79 Å². The van der Waals surface area contributed by atoms with Crippen LogP contribution in [0.3, 0.4) is 0 Å². The van der Waals surface area contributed by atoms with E-state index in [4.69, 9.17) is 9.47 Å². The van der Waals surface area contributed by atoms with Crippen LogP contribution in [0.25, 0.3) is 0 Å². The molecule has 0 radical (unpaired) electrons. The highest BCUT2D eigenvalue weighted by molar-refractivity contribution is 7.99. The van der Waals surface area contributed by atoms with Gasteiger partial charge in [0.1, 0.15) is 11.3 Å². The van der Waals surface area contributed by atoms with Gasteiger partial charge in [0.25, 0.3) is 0 Å². The van der Waals surface area contributed by atoms with E-state index in [9.17, 15) is 4.79 Å². The molecule has 1 aromatic rings. The van der Waals surface area contributed by atoms with E-state index in [-0.39, 0.29) is 5.97 Å². The molecule has 1 aromatic carbocycles. The average molecular weight is 311 g/mol. The molecule has 0 heterocycles. The SMILES string of the molecule is CCCNC(C)(CCSc1ccccc1OC)C(=O)OC. The molecule has 5 heteroatoms. The first-order valence-corrected chi connectivity index (χ1v) is 8.15. The van der Waals surface area contributed by atoms with Crippen LogP contribution in [0, 0.1) is 0 Å². The van der Waals surface area contributed by atoms with Crippen molar-refractivity contribution in [2.24, 2.45) is 0 Å². The van der Waals surface area contributed by atoms with Gasteiger partial charge in [-0.15, -0.1) is 11.8 Å². The Morgan fingerprint density at radius 1 is 1.33 bits per heavy atom. The van der Waals surface area contributed by atoms with E-state index in [1.807, 2.05) is 31.2 Å². The molecule has 0 spiro atoms. The smallest absolute Gasteiger partial charge is 0.325 e. The molecule has 0 amide bonds. The number of benzene rings is 1. The summed E-state index contributed by atoms with van der Waals surface area (Å²) < 4.78 is 10.3. The first-order chi connectivity index (χ1) is 10.1. The van der Waals surface area contributed by atoms with Crippen molar-refractivity contribution in [3.63, 3.8) is 0 Å². The molecule has 1 atom stereocenters. The summed E-state index contributed by atoms with van der Waals surface area (Å²) in [6, 6.07) is 7.90. The van der Waals surface area contributed by atoms with Crippen molar-refractivity contribution in [1.82, 2.24) is 5.32 Å². The van der Waals surface area contributed by atoms with Crippen LogP contribution in [0.1, 0.15) is 26.7 Å². The number of hydrogen-bond acceptors (Lipinski definition) is 5. The van der Waals surface area contributed by atoms with Gasteiger partial charge < -0.3 is 14.8 Å². The number of rotatable bonds is 9. The third-order valence-corrected chi connectivity index (χ3v) is 4.39. The Hall–Kier alpha value is -1.20. The van der Waals surface area contributed by atoms with Crippen molar-refractivity contribution < 1.29 is 14.3 Å². The van der Waals surface area contributed by atoms with E-state index in [1.54, 1.807) is 18.9 Å². The molecule has 1 unspecified atom stereocenters. The van der Waals surface area contributed by atoms with Crippen molar-refractivity contribution in [2.75, 3.05) is 26.5 Å². The van der Waals surface area contributed by atoms with Crippen LogP contribution in [0.2, 0.25) is 0 Å². The Kier molecular flexibility index (Phi) is 7.61. The zero-order chi connectivity index (χ0) is 15.7. The highest BCUT2D eigenvalue weighted by atomic mass is 32.2. The lowest BCUT2D eigenvalue weighted by molar-refractivity contribution is -0.148. The van der Waals surface area contributed by atoms with Gasteiger partial charge in [0.2, 0.25) is 0 Å². The number of esters is 1. The molecule has 1 N–H and O–H groups in total. The van der Waals surface area contributed by atoms with Crippen molar-refractivity contribution >= 4 is 17.7 Å². The molecular formula is C16H25NO3S. The van der Waals surface area contributed by atoms with E-state index in [0.717, 1.165) is 29.4 Å². The lowest BCUT2D eigenvalue weighted by Gasteiger charge is -2.27. The van der Waals surface area contributed by atoms with Crippen LogP contribution in [-0.2, 0) is 9.53 Å². The molecule has 4 nitrogen and oxygen atoms in total. The molecule has 0 bridgehead atoms. The van der Waals surface area contributed by atoms with E-state index >= 15 is 0 Å². The van der Waals surface area contributed by atoms with Crippen LogP contribution < -0.4 is 10.1 Å². The molecule has 1 rings (SSSR count).